The number of nitrogens with zero attached hydrogens (tertiary/aromatic N) is 1. The molecule has 23 heavy (non-hydrogen) atoms. The smallest absolute Gasteiger partial charge is 0.311 e. The van der Waals surface area contributed by atoms with Crippen LogP contribution in [0.1, 0.15) is 35.6 Å². The molecule has 1 unspecified atom stereocenters. The van der Waals surface area contributed by atoms with Gasteiger partial charge in [-0.05, 0) is 42.0 Å². The van der Waals surface area contributed by atoms with Gasteiger partial charge in [-0.15, -0.1) is 0 Å². The monoisotopic (exact) mass is 312 g/mol. The number of benzene rings is 2. The average Bonchev–Trinajstić information content (AvgIpc) is 2.59. The molecule has 2 aromatic rings. The van der Waals surface area contributed by atoms with Crippen LogP contribution in [0.2, 0.25) is 0 Å². The van der Waals surface area contributed by atoms with Gasteiger partial charge in [0.2, 0.25) is 0 Å². The van der Waals surface area contributed by atoms with Gasteiger partial charge < -0.3 is 10.1 Å². The van der Waals surface area contributed by atoms with Crippen LogP contribution in [0.5, 0.6) is 5.75 Å². The maximum atomic E-state index is 11.1. The molecule has 0 aromatic heterocycles. The van der Waals surface area contributed by atoms with E-state index in [1.807, 2.05) is 6.07 Å². The fourth-order valence-electron chi connectivity index (χ4n) is 3.20. The summed E-state index contributed by atoms with van der Waals surface area (Å²) < 4.78 is 5.04. The topological polar surface area (TPSA) is 64.4 Å². The van der Waals surface area contributed by atoms with Gasteiger partial charge in [0.05, 0.1) is 12.0 Å². The Bertz CT molecular complexity index is 715. The number of rotatable bonds is 5. The Morgan fingerprint density at radius 3 is 2.91 bits per heavy atom. The number of ether oxygens (including phenoxy) is 1. The molecule has 0 fully saturated rings. The van der Waals surface area contributed by atoms with Gasteiger partial charge >= 0.3 is 5.69 Å². The first-order valence-electron chi connectivity index (χ1n) is 7.81. The highest BCUT2D eigenvalue weighted by Crippen LogP contribution is 2.31. The maximum absolute atomic E-state index is 11.1. The lowest BCUT2D eigenvalue weighted by Crippen LogP contribution is -2.24. The molecule has 0 aliphatic heterocycles. The van der Waals surface area contributed by atoms with Gasteiger partial charge in [-0.25, -0.2) is 0 Å². The average molecular weight is 312 g/mol. The minimum Gasteiger partial charge on any atom is -0.490 e. The van der Waals surface area contributed by atoms with Crippen molar-refractivity contribution in [1.29, 1.82) is 0 Å². The molecule has 5 nitrogen and oxygen atoms in total. The summed E-state index contributed by atoms with van der Waals surface area (Å²) in [6.45, 7) is 0.601. The van der Waals surface area contributed by atoms with E-state index in [4.69, 9.17) is 4.74 Å². The second-order valence-electron chi connectivity index (χ2n) is 5.79. The molecular formula is C18H20N2O3. The number of nitro benzene ring substituents is 1. The summed E-state index contributed by atoms with van der Waals surface area (Å²) in [4.78, 5) is 10.7. The normalized spacial score (nSPS) is 16.7. The van der Waals surface area contributed by atoms with Crippen LogP contribution in [0.4, 0.5) is 5.69 Å². The van der Waals surface area contributed by atoms with E-state index in [9.17, 15) is 10.1 Å². The highest BCUT2D eigenvalue weighted by molar-refractivity contribution is 5.48. The molecule has 1 aliphatic rings. The van der Waals surface area contributed by atoms with Gasteiger partial charge in [0.1, 0.15) is 0 Å². The highest BCUT2D eigenvalue weighted by atomic mass is 16.6. The number of nitro groups is 1. The van der Waals surface area contributed by atoms with Crippen molar-refractivity contribution in [3.63, 3.8) is 0 Å². The van der Waals surface area contributed by atoms with Gasteiger partial charge in [-0.3, -0.25) is 10.1 Å². The largest absolute Gasteiger partial charge is 0.490 e. The van der Waals surface area contributed by atoms with Crippen molar-refractivity contribution in [2.24, 2.45) is 0 Å². The van der Waals surface area contributed by atoms with Crippen LogP contribution in [-0.4, -0.2) is 12.0 Å². The molecule has 0 radical (unpaired) electrons. The minimum atomic E-state index is -0.405. The quantitative estimate of drug-likeness (QED) is 0.674. The summed E-state index contributed by atoms with van der Waals surface area (Å²) >= 11 is 0. The van der Waals surface area contributed by atoms with Gasteiger partial charge in [0.15, 0.2) is 5.75 Å². The Morgan fingerprint density at radius 2 is 2.13 bits per heavy atom. The lowest BCUT2D eigenvalue weighted by molar-refractivity contribution is -0.385. The summed E-state index contributed by atoms with van der Waals surface area (Å²) in [5.74, 6) is 0.293. The molecule has 1 N–H and O–H groups in total. The summed E-state index contributed by atoms with van der Waals surface area (Å²) in [6.07, 6.45) is 3.38. The number of methoxy groups -OCH3 is 1. The van der Waals surface area contributed by atoms with E-state index >= 15 is 0 Å². The Balaban J connectivity index is 1.74. The third-order valence-electron chi connectivity index (χ3n) is 4.36. The zero-order valence-corrected chi connectivity index (χ0v) is 13.1. The minimum absolute atomic E-state index is 0.0100. The molecule has 0 amide bonds. The maximum Gasteiger partial charge on any atom is 0.311 e. The zero-order chi connectivity index (χ0) is 16.2. The van der Waals surface area contributed by atoms with Crippen molar-refractivity contribution >= 4 is 5.69 Å². The molecule has 5 heteroatoms. The van der Waals surface area contributed by atoms with E-state index in [-0.39, 0.29) is 5.69 Å². The van der Waals surface area contributed by atoms with Crippen LogP contribution in [0.3, 0.4) is 0 Å². The second kappa shape index (κ2) is 6.79. The zero-order valence-electron chi connectivity index (χ0n) is 13.1. The molecule has 0 saturated heterocycles. The second-order valence-corrected chi connectivity index (χ2v) is 5.79. The van der Waals surface area contributed by atoms with E-state index in [2.05, 4.69) is 29.6 Å². The first-order valence-corrected chi connectivity index (χ1v) is 7.81. The molecule has 3 rings (SSSR count). The molecule has 1 aliphatic carbocycles. The third-order valence-corrected chi connectivity index (χ3v) is 4.36. The molecule has 0 saturated carbocycles. The summed E-state index contributed by atoms with van der Waals surface area (Å²) in [6, 6.07) is 13.9. The van der Waals surface area contributed by atoms with E-state index in [1.54, 1.807) is 12.1 Å². The number of hydrogen-bond acceptors (Lipinski definition) is 4. The first kappa shape index (κ1) is 15.5. The van der Waals surface area contributed by atoms with Gasteiger partial charge in [-0.2, -0.15) is 0 Å². The summed E-state index contributed by atoms with van der Waals surface area (Å²) in [5.41, 5.74) is 3.65. The lowest BCUT2D eigenvalue weighted by atomic mass is 9.87. The molecule has 120 valence electrons. The van der Waals surface area contributed by atoms with Crippen molar-refractivity contribution in [3.05, 3.63) is 69.3 Å². The van der Waals surface area contributed by atoms with Crippen molar-refractivity contribution in [2.45, 2.75) is 31.8 Å². The van der Waals surface area contributed by atoms with Crippen LogP contribution in [0.15, 0.2) is 42.5 Å². The van der Waals surface area contributed by atoms with Gasteiger partial charge in [0.25, 0.3) is 0 Å². The predicted molar refractivity (Wildman–Crippen MR) is 88.6 cm³/mol. The fourth-order valence-corrected chi connectivity index (χ4v) is 3.20. The number of fused-ring (bicyclic) bond motifs is 1. The Labute approximate surface area is 135 Å². The number of aryl methyl sites for hydroxylation is 1. The Kier molecular flexibility index (Phi) is 4.57. The van der Waals surface area contributed by atoms with Gasteiger partial charge in [-0.1, -0.05) is 30.3 Å². The summed E-state index contributed by atoms with van der Waals surface area (Å²) in [5, 5.41) is 14.6. The summed E-state index contributed by atoms with van der Waals surface area (Å²) in [7, 11) is 1.44. The van der Waals surface area contributed by atoms with Crippen LogP contribution in [-0.2, 0) is 13.0 Å². The molecule has 0 bridgehead atoms. The third kappa shape index (κ3) is 3.35. The van der Waals surface area contributed by atoms with Crippen LogP contribution < -0.4 is 10.1 Å². The van der Waals surface area contributed by atoms with Crippen molar-refractivity contribution < 1.29 is 9.66 Å². The van der Waals surface area contributed by atoms with E-state index in [1.165, 1.54) is 18.2 Å². The number of nitrogens with one attached hydrogen (secondary N) is 1. The SMILES string of the molecule is COc1ccc(CNC2CCCc3ccccc32)cc1[N+](=O)[O-]. The van der Waals surface area contributed by atoms with Crippen LogP contribution in [0, 0.1) is 10.1 Å². The van der Waals surface area contributed by atoms with E-state index in [0.29, 0.717) is 18.3 Å². The molecule has 2 aromatic carbocycles. The molecule has 0 heterocycles. The van der Waals surface area contributed by atoms with E-state index in [0.717, 1.165) is 24.8 Å². The number of hydrogen-bond donors (Lipinski definition) is 1. The van der Waals surface area contributed by atoms with Crippen molar-refractivity contribution in [1.82, 2.24) is 5.32 Å². The molecular weight excluding hydrogens is 292 g/mol. The predicted octanol–water partition coefficient (Wildman–Crippen LogP) is 3.77. The molecule has 0 spiro atoms. The van der Waals surface area contributed by atoms with Crippen molar-refractivity contribution in [2.75, 3.05) is 7.11 Å². The van der Waals surface area contributed by atoms with Crippen LogP contribution >= 0.6 is 0 Å². The van der Waals surface area contributed by atoms with Gasteiger partial charge in [0, 0.05) is 18.7 Å². The molecule has 1 atom stereocenters. The first-order chi connectivity index (χ1) is 11.2. The Hall–Kier alpha value is -2.40. The van der Waals surface area contributed by atoms with Crippen molar-refractivity contribution in [3.8, 4) is 5.75 Å². The lowest BCUT2D eigenvalue weighted by Gasteiger charge is -2.26. The van der Waals surface area contributed by atoms with Crippen LogP contribution in [0.25, 0.3) is 0 Å². The fraction of sp³-hybridized carbons (Fsp3) is 0.333. The van der Waals surface area contributed by atoms with E-state index < -0.39 is 4.92 Å². The highest BCUT2D eigenvalue weighted by Gasteiger charge is 2.20. The Morgan fingerprint density at radius 1 is 1.30 bits per heavy atom. The standard InChI is InChI=1S/C18H20N2O3/c1-23-18-10-9-13(11-17(18)20(21)22)12-19-16-8-4-6-14-5-2-3-7-15(14)16/h2-3,5,7,9-11,16,19H,4,6,8,12H2,1H3.